The Balaban J connectivity index is 1.38. The Hall–Kier alpha value is -2.64. The van der Waals surface area contributed by atoms with Crippen molar-refractivity contribution in [3.8, 4) is 0 Å². The van der Waals surface area contributed by atoms with Crippen molar-refractivity contribution < 1.29 is 14.0 Å². The van der Waals surface area contributed by atoms with Crippen LogP contribution in [0.5, 0.6) is 0 Å². The SMILES string of the molecule is CC1CC(C)CN(CCCNC(=O)CN2C(=O)C(=Cc3ccccc3F)Sc3ccccc32)C1. The first-order valence-corrected chi connectivity index (χ1v) is 12.8. The van der Waals surface area contributed by atoms with Crippen molar-refractivity contribution in [1.29, 1.82) is 0 Å². The van der Waals surface area contributed by atoms with Crippen LogP contribution < -0.4 is 10.2 Å². The molecule has 2 aromatic rings. The van der Waals surface area contributed by atoms with Crippen LogP contribution >= 0.6 is 11.8 Å². The van der Waals surface area contributed by atoms with Crippen molar-refractivity contribution in [1.82, 2.24) is 10.2 Å². The van der Waals surface area contributed by atoms with E-state index in [-0.39, 0.29) is 24.2 Å². The standard InChI is InChI=1S/C27H32FN3O2S/c1-19-14-20(2)17-30(16-19)13-7-12-29-26(32)18-31-23-10-5-6-11-24(23)34-25(27(31)33)15-21-8-3-4-9-22(21)28/h3-6,8-11,15,19-20H,7,12-14,16-18H2,1-2H3,(H,29,32). The van der Waals surface area contributed by atoms with E-state index in [0.717, 1.165) is 31.0 Å². The number of carbonyl (C=O) groups excluding carboxylic acids is 2. The number of piperidine rings is 1. The molecule has 0 saturated carbocycles. The molecule has 2 heterocycles. The molecule has 34 heavy (non-hydrogen) atoms. The maximum atomic E-state index is 14.2. The van der Waals surface area contributed by atoms with Gasteiger partial charge in [0.25, 0.3) is 5.91 Å². The molecule has 2 atom stereocenters. The minimum Gasteiger partial charge on any atom is -0.355 e. The summed E-state index contributed by atoms with van der Waals surface area (Å²) in [6, 6.07) is 13.8. The van der Waals surface area contributed by atoms with E-state index >= 15 is 0 Å². The molecule has 2 unspecified atom stereocenters. The van der Waals surface area contributed by atoms with Gasteiger partial charge in [0.15, 0.2) is 0 Å². The van der Waals surface area contributed by atoms with E-state index in [0.29, 0.717) is 34.5 Å². The largest absolute Gasteiger partial charge is 0.355 e. The summed E-state index contributed by atoms with van der Waals surface area (Å²) in [6.45, 7) is 8.30. The second-order valence-electron chi connectivity index (χ2n) is 9.40. The predicted molar refractivity (Wildman–Crippen MR) is 136 cm³/mol. The molecule has 2 amide bonds. The number of thioether (sulfide) groups is 1. The maximum Gasteiger partial charge on any atom is 0.265 e. The lowest BCUT2D eigenvalue weighted by atomic mass is 9.92. The van der Waals surface area contributed by atoms with E-state index in [2.05, 4.69) is 24.1 Å². The highest BCUT2D eigenvalue weighted by atomic mass is 32.2. The summed E-state index contributed by atoms with van der Waals surface area (Å²) in [5, 5.41) is 2.97. The summed E-state index contributed by atoms with van der Waals surface area (Å²) in [6.07, 6.45) is 3.72. The van der Waals surface area contributed by atoms with Crippen molar-refractivity contribution in [2.45, 2.75) is 31.6 Å². The molecule has 0 bridgehead atoms. The smallest absolute Gasteiger partial charge is 0.265 e. The summed E-state index contributed by atoms with van der Waals surface area (Å²) in [5.41, 5.74) is 1.05. The third-order valence-electron chi connectivity index (χ3n) is 6.24. The minimum absolute atomic E-state index is 0.0667. The van der Waals surface area contributed by atoms with Crippen molar-refractivity contribution >= 4 is 35.3 Å². The van der Waals surface area contributed by atoms with Crippen molar-refractivity contribution in [3.05, 3.63) is 64.8 Å². The van der Waals surface area contributed by atoms with E-state index in [1.54, 1.807) is 24.3 Å². The van der Waals surface area contributed by atoms with E-state index in [4.69, 9.17) is 0 Å². The number of para-hydroxylation sites is 1. The van der Waals surface area contributed by atoms with Gasteiger partial charge in [-0.25, -0.2) is 4.39 Å². The van der Waals surface area contributed by atoms with Gasteiger partial charge in [-0.3, -0.25) is 14.5 Å². The van der Waals surface area contributed by atoms with Gasteiger partial charge in [-0.05, 0) is 55.5 Å². The van der Waals surface area contributed by atoms with Gasteiger partial charge < -0.3 is 10.2 Å². The Morgan fingerprint density at radius 1 is 1.12 bits per heavy atom. The number of nitrogens with one attached hydrogen (secondary N) is 1. The number of carbonyl (C=O) groups is 2. The number of rotatable bonds is 7. The molecule has 0 spiro atoms. The van der Waals surface area contributed by atoms with Crippen LogP contribution in [0.15, 0.2) is 58.3 Å². The fourth-order valence-electron chi connectivity index (χ4n) is 4.86. The number of nitrogens with zero attached hydrogens (tertiary/aromatic N) is 2. The summed E-state index contributed by atoms with van der Waals surface area (Å²) >= 11 is 1.30. The lowest BCUT2D eigenvalue weighted by molar-refractivity contribution is -0.122. The number of hydrogen-bond acceptors (Lipinski definition) is 4. The summed E-state index contributed by atoms with van der Waals surface area (Å²) in [4.78, 5) is 31.2. The number of anilines is 1. The van der Waals surface area contributed by atoms with Crippen LogP contribution in [0.4, 0.5) is 10.1 Å². The normalized spacial score (nSPS) is 22.0. The van der Waals surface area contributed by atoms with Crippen molar-refractivity contribution in [2.24, 2.45) is 11.8 Å². The van der Waals surface area contributed by atoms with E-state index in [1.807, 2.05) is 24.3 Å². The molecular formula is C27H32FN3O2S. The van der Waals surface area contributed by atoms with E-state index < -0.39 is 0 Å². The first-order valence-electron chi connectivity index (χ1n) is 11.9. The minimum atomic E-state index is -0.385. The Morgan fingerprint density at radius 3 is 2.59 bits per heavy atom. The van der Waals surface area contributed by atoms with Gasteiger partial charge in [-0.15, -0.1) is 0 Å². The Morgan fingerprint density at radius 2 is 1.82 bits per heavy atom. The molecule has 1 N–H and O–H groups in total. The topological polar surface area (TPSA) is 52.7 Å². The molecule has 5 nitrogen and oxygen atoms in total. The summed E-state index contributed by atoms with van der Waals surface area (Å²) in [5.74, 6) is 0.559. The molecular weight excluding hydrogens is 449 g/mol. The first kappa shape index (κ1) is 24.5. The monoisotopic (exact) mass is 481 g/mol. The molecule has 7 heteroatoms. The zero-order valence-corrected chi connectivity index (χ0v) is 20.6. The van der Waals surface area contributed by atoms with Gasteiger partial charge >= 0.3 is 0 Å². The Bertz CT molecular complexity index is 1060. The first-order chi connectivity index (χ1) is 16.4. The van der Waals surface area contributed by atoms with Crippen LogP contribution in [-0.4, -0.2) is 49.4 Å². The van der Waals surface area contributed by atoms with Crippen LogP contribution in [0.2, 0.25) is 0 Å². The van der Waals surface area contributed by atoms with Crippen LogP contribution in [0.1, 0.15) is 32.3 Å². The van der Waals surface area contributed by atoms with Crippen LogP contribution in [0, 0.1) is 17.7 Å². The quantitative estimate of drug-likeness (QED) is 0.456. The number of halogens is 1. The molecule has 0 aliphatic carbocycles. The molecule has 2 aliphatic heterocycles. The van der Waals surface area contributed by atoms with Gasteiger partial charge in [0.1, 0.15) is 12.4 Å². The van der Waals surface area contributed by atoms with Gasteiger partial charge in [-0.1, -0.05) is 55.9 Å². The predicted octanol–water partition coefficient (Wildman–Crippen LogP) is 4.79. The maximum absolute atomic E-state index is 14.2. The number of fused-ring (bicyclic) bond motifs is 1. The lowest BCUT2D eigenvalue weighted by Crippen LogP contribution is -2.43. The van der Waals surface area contributed by atoms with Crippen LogP contribution in [-0.2, 0) is 9.59 Å². The second kappa shape index (κ2) is 11.2. The lowest BCUT2D eigenvalue weighted by Gasteiger charge is -2.35. The number of likely N-dealkylation sites (tertiary alicyclic amines) is 1. The molecule has 1 fully saturated rings. The average molecular weight is 482 g/mol. The average Bonchev–Trinajstić information content (AvgIpc) is 2.80. The Labute approximate surface area is 205 Å². The third-order valence-corrected chi connectivity index (χ3v) is 7.32. The van der Waals surface area contributed by atoms with E-state index in [9.17, 15) is 14.0 Å². The van der Waals surface area contributed by atoms with Crippen molar-refractivity contribution in [2.75, 3.05) is 37.6 Å². The van der Waals surface area contributed by atoms with Gasteiger partial charge in [0, 0.05) is 30.1 Å². The molecule has 2 aromatic carbocycles. The molecule has 180 valence electrons. The van der Waals surface area contributed by atoms with Crippen LogP contribution in [0.3, 0.4) is 0 Å². The van der Waals surface area contributed by atoms with Gasteiger partial charge in [0.05, 0.1) is 10.6 Å². The van der Waals surface area contributed by atoms with Crippen molar-refractivity contribution in [3.63, 3.8) is 0 Å². The molecule has 1 saturated heterocycles. The number of benzene rings is 2. The highest BCUT2D eigenvalue weighted by Gasteiger charge is 2.30. The van der Waals surface area contributed by atoms with Gasteiger partial charge in [-0.2, -0.15) is 0 Å². The van der Waals surface area contributed by atoms with Gasteiger partial charge in [0.2, 0.25) is 5.91 Å². The zero-order valence-electron chi connectivity index (χ0n) is 19.8. The fourth-order valence-corrected chi connectivity index (χ4v) is 5.91. The van der Waals surface area contributed by atoms with Crippen LogP contribution in [0.25, 0.3) is 6.08 Å². The molecule has 2 aliphatic rings. The highest BCUT2D eigenvalue weighted by molar-refractivity contribution is 8.04. The fraction of sp³-hybridized carbons (Fsp3) is 0.407. The highest BCUT2D eigenvalue weighted by Crippen LogP contribution is 2.42. The zero-order chi connectivity index (χ0) is 24.1. The second-order valence-corrected chi connectivity index (χ2v) is 10.5. The number of hydrogen-bond donors (Lipinski definition) is 1. The summed E-state index contributed by atoms with van der Waals surface area (Å²) < 4.78 is 14.2. The molecule has 0 aromatic heterocycles. The Kier molecular flexibility index (Phi) is 8.06. The van der Waals surface area contributed by atoms with E-state index in [1.165, 1.54) is 29.1 Å². The molecule has 0 radical (unpaired) electrons. The summed E-state index contributed by atoms with van der Waals surface area (Å²) in [7, 11) is 0. The number of amides is 2. The third kappa shape index (κ3) is 6.07. The molecule has 4 rings (SSSR count).